The molecule has 0 aliphatic heterocycles. The second kappa shape index (κ2) is 6.83. The number of furan rings is 1. The lowest BCUT2D eigenvalue weighted by molar-refractivity contribution is -0.127. The van der Waals surface area contributed by atoms with Gasteiger partial charge in [-0.15, -0.1) is 0 Å². The molecule has 0 fully saturated rings. The molecule has 0 aliphatic rings. The van der Waals surface area contributed by atoms with Crippen molar-refractivity contribution in [2.24, 2.45) is 0 Å². The summed E-state index contributed by atoms with van der Waals surface area (Å²) < 4.78 is 30.0. The average Bonchev–Trinajstić information content (AvgIpc) is 2.88. The summed E-state index contributed by atoms with van der Waals surface area (Å²) in [6, 6.07) is 6.40. The number of nitrogens with one attached hydrogen (secondary N) is 1. The van der Waals surface area contributed by atoms with Crippen LogP contribution in [-0.2, 0) is 9.47 Å². The zero-order valence-electron chi connectivity index (χ0n) is 12.0. The fourth-order valence-corrected chi connectivity index (χ4v) is 2.20. The Morgan fingerprint density at radius 3 is 2.65 bits per heavy atom. The number of halogens is 1. The number of hydrogen-bond donors (Lipinski definition) is 1. The molecule has 0 radical (unpaired) electrons. The van der Waals surface area contributed by atoms with Gasteiger partial charge in [-0.1, -0.05) is 19.1 Å². The second-order valence-corrected chi connectivity index (χ2v) is 4.58. The van der Waals surface area contributed by atoms with Crippen LogP contribution in [0, 0.1) is 5.82 Å². The first-order valence-corrected chi connectivity index (χ1v) is 6.68. The number of ether oxygens (including phenoxy) is 2. The van der Waals surface area contributed by atoms with Crippen LogP contribution in [0.15, 0.2) is 28.7 Å². The van der Waals surface area contributed by atoms with Gasteiger partial charge in [0, 0.05) is 19.6 Å². The molecule has 0 saturated heterocycles. The van der Waals surface area contributed by atoms with Gasteiger partial charge in [0.15, 0.2) is 17.7 Å². The molecule has 1 atom stereocenters. The van der Waals surface area contributed by atoms with Gasteiger partial charge in [0.25, 0.3) is 0 Å². The molecule has 2 rings (SSSR count). The summed E-state index contributed by atoms with van der Waals surface area (Å²) in [6.45, 7) is 2.85. The lowest BCUT2D eigenvalue weighted by atomic mass is 10.2. The standard InChI is InChI=1S/C15H20FNO3/c1-4-8-17-13(15(18-2)19-3)12-9-10-6-5-7-11(16)14(10)20-12/h5-7,9,13,15,17H,4,8H2,1-3H3. The minimum atomic E-state index is -0.495. The van der Waals surface area contributed by atoms with Gasteiger partial charge in [-0.05, 0) is 25.1 Å². The van der Waals surface area contributed by atoms with Crippen LogP contribution in [-0.4, -0.2) is 27.1 Å². The van der Waals surface area contributed by atoms with Crippen LogP contribution in [0.2, 0.25) is 0 Å². The Bertz CT molecular complexity index is 551. The first-order chi connectivity index (χ1) is 9.71. The predicted octanol–water partition coefficient (Wildman–Crippen LogP) is 3.23. The summed E-state index contributed by atoms with van der Waals surface area (Å²) in [5.41, 5.74) is 0.261. The molecule has 0 amide bonds. The number of methoxy groups -OCH3 is 2. The molecule has 1 aromatic carbocycles. The largest absolute Gasteiger partial charge is 0.456 e. The van der Waals surface area contributed by atoms with E-state index in [-0.39, 0.29) is 17.4 Å². The Labute approximate surface area is 117 Å². The van der Waals surface area contributed by atoms with E-state index >= 15 is 0 Å². The number of hydrogen-bond acceptors (Lipinski definition) is 4. The van der Waals surface area contributed by atoms with Gasteiger partial charge in [-0.3, -0.25) is 0 Å². The molecular formula is C15H20FNO3. The Morgan fingerprint density at radius 1 is 1.30 bits per heavy atom. The molecule has 0 spiro atoms. The third-order valence-electron chi connectivity index (χ3n) is 3.17. The smallest absolute Gasteiger partial charge is 0.179 e. The van der Waals surface area contributed by atoms with E-state index in [0.29, 0.717) is 5.76 Å². The van der Waals surface area contributed by atoms with Crippen LogP contribution in [0.1, 0.15) is 25.1 Å². The maximum Gasteiger partial charge on any atom is 0.179 e. The van der Waals surface area contributed by atoms with E-state index in [0.717, 1.165) is 18.4 Å². The highest BCUT2D eigenvalue weighted by atomic mass is 19.1. The van der Waals surface area contributed by atoms with Gasteiger partial charge in [-0.2, -0.15) is 0 Å². The highest BCUT2D eigenvalue weighted by molar-refractivity contribution is 5.78. The van der Waals surface area contributed by atoms with E-state index in [4.69, 9.17) is 13.9 Å². The summed E-state index contributed by atoms with van der Waals surface area (Å²) in [6.07, 6.45) is 0.468. The van der Waals surface area contributed by atoms with Crippen molar-refractivity contribution < 1.29 is 18.3 Å². The Hall–Kier alpha value is -1.43. The van der Waals surface area contributed by atoms with Crippen LogP contribution in [0.5, 0.6) is 0 Å². The molecule has 20 heavy (non-hydrogen) atoms. The zero-order valence-corrected chi connectivity index (χ0v) is 12.0. The monoisotopic (exact) mass is 281 g/mol. The van der Waals surface area contributed by atoms with E-state index in [1.54, 1.807) is 20.3 Å². The Morgan fingerprint density at radius 2 is 2.05 bits per heavy atom. The highest BCUT2D eigenvalue weighted by Crippen LogP contribution is 2.28. The van der Waals surface area contributed by atoms with Crippen molar-refractivity contribution in [2.75, 3.05) is 20.8 Å². The third kappa shape index (κ3) is 3.00. The van der Waals surface area contributed by atoms with Gasteiger partial charge >= 0.3 is 0 Å². The minimum absolute atomic E-state index is 0.261. The number of para-hydroxylation sites is 1. The second-order valence-electron chi connectivity index (χ2n) is 4.58. The van der Waals surface area contributed by atoms with E-state index in [2.05, 4.69) is 12.2 Å². The van der Waals surface area contributed by atoms with Crippen LogP contribution >= 0.6 is 0 Å². The Balaban J connectivity index is 2.36. The average molecular weight is 281 g/mol. The zero-order chi connectivity index (χ0) is 14.5. The molecule has 2 aromatic rings. The van der Waals surface area contributed by atoms with Gasteiger partial charge in [-0.25, -0.2) is 4.39 Å². The first kappa shape index (κ1) is 15.0. The first-order valence-electron chi connectivity index (χ1n) is 6.68. The molecule has 110 valence electrons. The van der Waals surface area contributed by atoms with Crippen molar-refractivity contribution >= 4 is 11.0 Å². The van der Waals surface area contributed by atoms with Crippen molar-refractivity contribution in [3.63, 3.8) is 0 Å². The Kier molecular flexibility index (Phi) is 5.11. The van der Waals surface area contributed by atoms with Crippen LogP contribution < -0.4 is 5.32 Å². The topological polar surface area (TPSA) is 43.6 Å². The fourth-order valence-electron chi connectivity index (χ4n) is 2.20. The SMILES string of the molecule is CCCNC(c1cc2cccc(F)c2o1)C(OC)OC. The van der Waals surface area contributed by atoms with Crippen molar-refractivity contribution in [3.05, 3.63) is 35.8 Å². The fraction of sp³-hybridized carbons (Fsp3) is 0.467. The molecule has 4 nitrogen and oxygen atoms in total. The van der Waals surface area contributed by atoms with Gasteiger partial charge in [0.1, 0.15) is 11.8 Å². The molecular weight excluding hydrogens is 261 g/mol. The molecule has 1 heterocycles. The van der Waals surface area contributed by atoms with E-state index in [1.807, 2.05) is 12.1 Å². The summed E-state index contributed by atoms with van der Waals surface area (Å²) in [5, 5.41) is 4.03. The normalized spacial score (nSPS) is 13.2. The highest BCUT2D eigenvalue weighted by Gasteiger charge is 2.26. The molecule has 5 heteroatoms. The molecule has 0 aliphatic carbocycles. The van der Waals surface area contributed by atoms with Crippen molar-refractivity contribution in [1.29, 1.82) is 0 Å². The van der Waals surface area contributed by atoms with E-state index in [9.17, 15) is 4.39 Å². The lowest BCUT2D eigenvalue weighted by Crippen LogP contribution is -2.34. The van der Waals surface area contributed by atoms with E-state index < -0.39 is 6.29 Å². The minimum Gasteiger partial charge on any atom is -0.456 e. The summed E-state index contributed by atoms with van der Waals surface area (Å²) in [4.78, 5) is 0. The maximum absolute atomic E-state index is 13.7. The van der Waals surface area contributed by atoms with Gasteiger partial charge in [0.2, 0.25) is 0 Å². The quantitative estimate of drug-likeness (QED) is 0.791. The molecule has 1 unspecified atom stereocenters. The summed E-state index contributed by atoms with van der Waals surface area (Å²) in [5.74, 6) is 0.238. The molecule has 1 N–H and O–H groups in total. The van der Waals surface area contributed by atoms with Crippen LogP contribution in [0.4, 0.5) is 4.39 Å². The van der Waals surface area contributed by atoms with Crippen molar-refractivity contribution in [2.45, 2.75) is 25.7 Å². The number of fused-ring (bicyclic) bond motifs is 1. The van der Waals surface area contributed by atoms with Crippen LogP contribution in [0.3, 0.4) is 0 Å². The summed E-state index contributed by atoms with van der Waals surface area (Å²) in [7, 11) is 3.13. The predicted molar refractivity (Wildman–Crippen MR) is 75.0 cm³/mol. The van der Waals surface area contributed by atoms with Gasteiger partial charge in [0.05, 0.1) is 0 Å². The summed E-state index contributed by atoms with van der Waals surface area (Å²) >= 11 is 0. The van der Waals surface area contributed by atoms with Crippen LogP contribution in [0.25, 0.3) is 11.0 Å². The lowest BCUT2D eigenvalue weighted by Gasteiger charge is -2.23. The molecule has 0 saturated carbocycles. The number of rotatable bonds is 7. The number of benzene rings is 1. The molecule has 1 aromatic heterocycles. The van der Waals surface area contributed by atoms with Crippen molar-refractivity contribution in [3.8, 4) is 0 Å². The van der Waals surface area contributed by atoms with Crippen molar-refractivity contribution in [1.82, 2.24) is 5.32 Å². The van der Waals surface area contributed by atoms with Gasteiger partial charge < -0.3 is 19.2 Å². The maximum atomic E-state index is 13.7. The third-order valence-corrected chi connectivity index (χ3v) is 3.17. The molecule has 0 bridgehead atoms. The van der Waals surface area contributed by atoms with E-state index in [1.165, 1.54) is 6.07 Å².